The lowest BCUT2D eigenvalue weighted by Gasteiger charge is -2.02. The highest BCUT2D eigenvalue weighted by Gasteiger charge is 1.95. The van der Waals surface area contributed by atoms with E-state index in [9.17, 15) is 9.59 Å². The van der Waals surface area contributed by atoms with Crippen LogP contribution in [0.5, 0.6) is 0 Å². The molecule has 0 amide bonds. The first-order valence-electron chi connectivity index (χ1n) is 17.7. The van der Waals surface area contributed by atoms with Crippen LogP contribution < -0.4 is 0 Å². The molecule has 0 N–H and O–H groups in total. The van der Waals surface area contributed by atoms with E-state index in [1.165, 1.54) is 180 Å². The molecule has 0 aliphatic rings. The van der Waals surface area contributed by atoms with Gasteiger partial charge >= 0.3 is 0 Å². The summed E-state index contributed by atoms with van der Waals surface area (Å²) in [5.41, 5.74) is 0. The summed E-state index contributed by atoms with van der Waals surface area (Å²) >= 11 is 0. The molecule has 2 nitrogen and oxygen atoms in total. The van der Waals surface area contributed by atoms with E-state index >= 15 is 0 Å². The van der Waals surface area contributed by atoms with Gasteiger partial charge in [0.25, 0.3) is 0 Å². The molecule has 228 valence electrons. The van der Waals surface area contributed by atoms with Gasteiger partial charge in [-0.1, -0.05) is 194 Å². The topological polar surface area (TPSA) is 34.1 Å². The monoisotopic (exact) mass is 537 g/mol. The second-order valence-electron chi connectivity index (χ2n) is 11.8. The Kier molecular flexibility index (Phi) is 42.4. The van der Waals surface area contributed by atoms with E-state index in [1.54, 1.807) is 0 Å². The number of hydrogen-bond acceptors (Lipinski definition) is 2. The first kappa shape index (κ1) is 39.5. The van der Waals surface area contributed by atoms with Gasteiger partial charge in [-0.15, -0.1) is 0 Å². The number of carbonyl (C=O) groups is 2. The number of rotatable bonds is 32. The van der Waals surface area contributed by atoms with Crippen molar-refractivity contribution in [3.05, 3.63) is 0 Å². The van der Waals surface area contributed by atoms with Crippen molar-refractivity contribution in [3.63, 3.8) is 0 Å². The van der Waals surface area contributed by atoms with E-state index in [2.05, 4.69) is 13.8 Å². The van der Waals surface area contributed by atoms with Crippen LogP contribution >= 0.6 is 0 Å². The first-order chi connectivity index (χ1) is 18.8. The molecule has 0 saturated carbocycles. The zero-order valence-corrected chi connectivity index (χ0v) is 26.6. The minimum absolute atomic E-state index is 0.762. The van der Waals surface area contributed by atoms with Crippen LogP contribution in [0.1, 0.15) is 219 Å². The van der Waals surface area contributed by atoms with Gasteiger partial charge in [-0.05, 0) is 12.8 Å². The van der Waals surface area contributed by atoms with Crippen LogP contribution in [0.15, 0.2) is 0 Å². The number of carbonyl (C=O) groups excluding carboxylic acids is 2. The van der Waals surface area contributed by atoms with Crippen molar-refractivity contribution in [2.75, 3.05) is 0 Å². The van der Waals surface area contributed by atoms with Crippen molar-refractivity contribution in [2.45, 2.75) is 219 Å². The van der Waals surface area contributed by atoms with Crippen molar-refractivity contribution in [1.82, 2.24) is 0 Å². The maximum absolute atomic E-state index is 10.1. The van der Waals surface area contributed by atoms with Gasteiger partial charge in [0.1, 0.15) is 12.6 Å². The predicted molar refractivity (Wildman–Crippen MR) is 171 cm³/mol. The zero-order valence-electron chi connectivity index (χ0n) is 26.6. The molecular weight excluding hydrogens is 464 g/mol. The molecule has 0 radical (unpaired) electrons. The van der Waals surface area contributed by atoms with Crippen LogP contribution in [0.25, 0.3) is 0 Å². The maximum atomic E-state index is 10.1. The molecule has 0 aromatic rings. The molecule has 0 saturated heterocycles. The predicted octanol–water partition coefficient (Wildman–Crippen LogP) is 12.9. The van der Waals surface area contributed by atoms with E-state index in [-0.39, 0.29) is 0 Å². The molecule has 0 heterocycles. The lowest BCUT2D eigenvalue weighted by molar-refractivity contribution is -0.108. The third kappa shape index (κ3) is 42.4. The molecule has 0 unspecified atom stereocenters. The minimum Gasteiger partial charge on any atom is -0.303 e. The van der Waals surface area contributed by atoms with E-state index < -0.39 is 0 Å². The van der Waals surface area contributed by atoms with Crippen molar-refractivity contribution in [3.8, 4) is 0 Å². The molecular formula is C36H72O2. The van der Waals surface area contributed by atoms with Crippen LogP contribution in [-0.4, -0.2) is 12.6 Å². The Bertz CT molecular complexity index is 368. The lowest BCUT2D eigenvalue weighted by atomic mass is 10.0. The van der Waals surface area contributed by atoms with Gasteiger partial charge in [0, 0.05) is 12.8 Å². The van der Waals surface area contributed by atoms with Crippen molar-refractivity contribution >= 4 is 12.6 Å². The fraction of sp³-hybridized carbons (Fsp3) is 0.944. The largest absolute Gasteiger partial charge is 0.303 e. The summed E-state index contributed by atoms with van der Waals surface area (Å²) < 4.78 is 0. The highest BCUT2D eigenvalue weighted by atomic mass is 16.1. The van der Waals surface area contributed by atoms with Crippen molar-refractivity contribution < 1.29 is 9.59 Å². The van der Waals surface area contributed by atoms with Crippen LogP contribution in [-0.2, 0) is 9.59 Å². The third-order valence-electron chi connectivity index (χ3n) is 7.85. The normalized spacial score (nSPS) is 10.8. The Morgan fingerprint density at radius 2 is 0.421 bits per heavy atom. The van der Waals surface area contributed by atoms with Crippen LogP contribution in [0.2, 0.25) is 0 Å². The van der Waals surface area contributed by atoms with Gasteiger partial charge in [0.05, 0.1) is 0 Å². The van der Waals surface area contributed by atoms with E-state index in [0.29, 0.717) is 0 Å². The number of aldehydes is 2. The summed E-state index contributed by atoms with van der Waals surface area (Å²) in [6.45, 7) is 4.56. The molecule has 38 heavy (non-hydrogen) atoms. The van der Waals surface area contributed by atoms with E-state index in [1.807, 2.05) is 0 Å². The summed E-state index contributed by atoms with van der Waals surface area (Å²) in [7, 11) is 0. The third-order valence-corrected chi connectivity index (χ3v) is 7.85. The van der Waals surface area contributed by atoms with Gasteiger partial charge in [0.15, 0.2) is 0 Å². The molecule has 0 rings (SSSR count). The first-order valence-corrected chi connectivity index (χ1v) is 17.7. The Morgan fingerprint density at radius 3 is 0.579 bits per heavy atom. The lowest BCUT2D eigenvalue weighted by Crippen LogP contribution is -1.83. The Hall–Kier alpha value is -0.660. The number of unbranched alkanes of at least 4 members (excludes halogenated alkanes) is 30. The second-order valence-corrected chi connectivity index (χ2v) is 11.8. The Labute approximate surface area is 241 Å². The summed E-state index contributed by atoms with van der Waals surface area (Å²) in [6.07, 6.45) is 45.2. The van der Waals surface area contributed by atoms with Gasteiger partial charge in [0.2, 0.25) is 0 Å². The molecule has 0 aliphatic heterocycles. The van der Waals surface area contributed by atoms with Crippen LogP contribution in [0, 0.1) is 0 Å². The minimum atomic E-state index is 0.762. The van der Waals surface area contributed by atoms with Gasteiger partial charge < -0.3 is 9.59 Å². The zero-order chi connectivity index (χ0) is 28.0. The summed E-state index contributed by atoms with van der Waals surface area (Å²) in [5, 5.41) is 0. The van der Waals surface area contributed by atoms with Crippen molar-refractivity contribution in [2.24, 2.45) is 0 Å². The maximum Gasteiger partial charge on any atom is 0.119 e. The second kappa shape index (κ2) is 40.8. The standard InChI is InChI=1S/2C18H36O/c2*1-2-3-4-5-6-7-8-9-10-11-12-13-14-15-16-17-18-19/h2*18H,2-17H2,1H3. The SMILES string of the molecule is CCCCCCCCCCCCCCCCCC=O.CCCCCCCCCCCCCCCCCC=O. The molecule has 0 spiro atoms. The smallest absolute Gasteiger partial charge is 0.119 e. The van der Waals surface area contributed by atoms with Gasteiger partial charge in [-0.3, -0.25) is 0 Å². The van der Waals surface area contributed by atoms with E-state index in [0.717, 1.165) is 38.3 Å². The molecule has 0 bridgehead atoms. The summed E-state index contributed by atoms with van der Waals surface area (Å²) in [5.74, 6) is 0. The molecule has 0 aromatic heterocycles. The number of hydrogen-bond donors (Lipinski definition) is 0. The fourth-order valence-corrected chi connectivity index (χ4v) is 5.20. The fourth-order valence-electron chi connectivity index (χ4n) is 5.20. The Balaban J connectivity index is 0. The van der Waals surface area contributed by atoms with Crippen molar-refractivity contribution in [1.29, 1.82) is 0 Å². The van der Waals surface area contributed by atoms with Crippen LogP contribution in [0.3, 0.4) is 0 Å². The quantitative estimate of drug-likeness (QED) is 0.0632. The van der Waals surface area contributed by atoms with E-state index in [4.69, 9.17) is 0 Å². The van der Waals surface area contributed by atoms with Gasteiger partial charge in [-0.25, -0.2) is 0 Å². The average molecular weight is 537 g/mol. The summed E-state index contributed by atoms with van der Waals surface area (Å²) in [4.78, 5) is 20.3. The average Bonchev–Trinajstić information content (AvgIpc) is 2.93. The molecule has 0 aromatic carbocycles. The van der Waals surface area contributed by atoms with Gasteiger partial charge in [-0.2, -0.15) is 0 Å². The summed E-state index contributed by atoms with van der Waals surface area (Å²) in [6, 6.07) is 0. The molecule has 2 heteroatoms. The highest BCUT2D eigenvalue weighted by molar-refractivity contribution is 5.49. The highest BCUT2D eigenvalue weighted by Crippen LogP contribution is 2.14. The molecule has 0 fully saturated rings. The molecule has 0 aliphatic carbocycles. The van der Waals surface area contributed by atoms with Crippen LogP contribution in [0.4, 0.5) is 0 Å². The Morgan fingerprint density at radius 1 is 0.263 bits per heavy atom. The molecule has 0 atom stereocenters.